The van der Waals surface area contributed by atoms with Crippen LogP contribution in [0.15, 0.2) is 48.5 Å². The average molecular weight is 327 g/mol. The van der Waals surface area contributed by atoms with Gasteiger partial charge in [-0.25, -0.2) is 0 Å². The van der Waals surface area contributed by atoms with Crippen molar-refractivity contribution in [3.05, 3.63) is 65.2 Å². The maximum absolute atomic E-state index is 10.2. The van der Waals surface area contributed by atoms with E-state index >= 15 is 0 Å². The van der Waals surface area contributed by atoms with E-state index in [-0.39, 0.29) is 6.04 Å². The third kappa shape index (κ3) is 3.78. The molecule has 0 aliphatic carbocycles. The van der Waals surface area contributed by atoms with Crippen LogP contribution in [0.4, 0.5) is 0 Å². The Morgan fingerprint density at radius 1 is 1.12 bits per heavy atom. The first kappa shape index (κ1) is 17.0. The van der Waals surface area contributed by atoms with E-state index < -0.39 is 6.10 Å². The standard InChI is InChI=1S/C20H25NO3/c1-23-14-18(22)13-21-12-17-10-19(24-2)9-8-16(17)11-20(21)15-6-4-3-5-7-15/h3-10,18,20,22H,11-14H2,1-2H3/t18-,20-/m0/s1. The fraction of sp³-hybridized carbons (Fsp3) is 0.400. The zero-order chi connectivity index (χ0) is 16.9. The van der Waals surface area contributed by atoms with Crippen molar-refractivity contribution in [3.63, 3.8) is 0 Å². The van der Waals surface area contributed by atoms with Gasteiger partial charge in [-0.1, -0.05) is 36.4 Å². The van der Waals surface area contributed by atoms with Crippen LogP contribution < -0.4 is 4.74 Å². The normalized spacial score (nSPS) is 18.9. The summed E-state index contributed by atoms with van der Waals surface area (Å²) in [5, 5.41) is 10.2. The maximum atomic E-state index is 10.2. The molecule has 1 heterocycles. The van der Waals surface area contributed by atoms with E-state index in [1.165, 1.54) is 16.7 Å². The van der Waals surface area contributed by atoms with Crippen LogP contribution in [-0.4, -0.2) is 43.5 Å². The second-order valence-electron chi connectivity index (χ2n) is 6.30. The summed E-state index contributed by atoms with van der Waals surface area (Å²) in [5.74, 6) is 0.879. The molecule has 0 fully saturated rings. The van der Waals surface area contributed by atoms with Crippen LogP contribution in [0.25, 0.3) is 0 Å². The van der Waals surface area contributed by atoms with E-state index in [0.717, 1.165) is 18.7 Å². The number of ether oxygens (including phenoxy) is 2. The lowest BCUT2D eigenvalue weighted by Crippen LogP contribution is -2.40. The summed E-state index contributed by atoms with van der Waals surface area (Å²) >= 11 is 0. The number of nitrogens with zero attached hydrogens (tertiary/aromatic N) is 1. The number of benzene rings is 2. The molecule has 2 aromatic carbocycles. The van der Waals surface area contributed by atoms with Crippen LogP contribution in [0.5, 0.6) is 5.75 Å². The van der Waals surface area contributed by atoms with Gasteiger partial charge in [0.2, 0.25) is 0 Å². The molecular formula is C20H25NO3. The quantitative estimate of drug-likeness (QED) is 0.886. The van der Waals surface area contributed by atoms with Gasteiger partial charge in [0, 0.05) is 26.2 Å². The molecule has 4 heteroatoms. The van der Waals surface area contributed by atoms with Crippen LogP contribution >= 0.6 is 0 Å². The number of hydrogen-bond acceptors (Lipinski definition) is 4. The second kappa shape index (κ2) is 7.79. The molecule has 0 aromatic heterocycles. The Balaban J connectivity index is 1.89. The lowest BCUT2D eigenvalue weighted by molar-refractivity contribution is 0.0206. The molecule has 0 amide bonds. The molecule has 128 valence electrons. The van der Waals surface area contributed by atoms with Crippen LogP contribution in [-0.2, 0) is 17.7 Å². The molecular weight excluding hydrogens is 302 g/mol. The average Bonchev–Trinajstić information content (AvgIpc) is 2.61. The van der Waals surface area contributed by atoms with Gasteiger partial charge in [0.05, 0.1) is 19.8 Å². The highest BCUT2D eigenvalue weighted by Crippen LogP contribution is 2.34. The molecule has 1 aliphatic heterocycles. The first-order valence-corrected chi connectivity index (χ1v) is 8.33. The molecule has 2 atom stereocenters. The van der Waals surface area contributed by atoms with Gasteiger partial charge in [-0.2, -0.15) is 0 Å². The summed E-state index contributed by atoms with van der Waals surface area (Å²) in [6.45, 7) is 1.74. The molecule has 2 aromatic rings. The van der Waals surface area contributed by atoms with E-state index in [2.05, 4.69) is 41.3 Å². The fourth-order valence-electron chi connectivity index (χ4n) is 3.45. The third-order valence-electron chi connectivity index (χ3n) is 4.63. The van der Waals surface area contributed by atoms with Crippen molar-refractivity contribution in [3.8, 4) is 5.75 Å². The number of aliphatic hydroxyl groups is 1. The molecule has 4 nitrogen and oxygen atoms in total. The highest BCUT2D eigenvalue weighted by Gasteiger charge is 2.29. The number of hydrogen-bond donors (Lipinski definition) is 1. The van der Waals surface area contributed by atoms with Gasteiger partial charge < -0.3 is 14.6 Å². The van der Waals surface area contributed by atoms with E-state index in [4.69, 9.17) is 9.47 Å². The summed E-state index contributed by atoms with van der Waals surface area (Å²) in [7, 11) is 3.31. The molecule has 24 heavy (non-hydrogen) atoms. The van der Waals surface area contributed by atoms with E-state index in [0.29, 0.717) is 13.2 Å². The Bertz CT molecular complexity index is 659. The minimum atomic E-state index is -0.492. The van der Waals surface area contributed by atoms with Gasteiger partial charge in [-0.15, -0.1) is 0 Å². The van der Waals surface area contributed by atoms with Gasteiger partial charge >= 0.3 is 0 Å². The summed E-state index contributed by atoms with van der Waals surface area (Å²) in [4.78, 5) is 2.33. The number of fused-ring (bicyclic) bond motifs is 1. The predicted octanol–water partition coefficient (Wildman–Crippen LogP) is 2.80. The van der Waals surface area contributed by atoms with Gasteiger partial charge in [0.25, 0.3) is 0 Å². The molecule has 0 bridgehead atoms. The number of β-amino-alcohol motifs (C(OH)–C–C–N with tert-alkyl or cyclic N) is 1. The van der Waals surface area contributed by atoms with Crippen molar-refractivity contribution in [2.24, 2.45) is 0 Å². The predicted molar refractivity (Wildman–Crippen MR) is 94.2 cm³/mol. The van der Waals surface area contributed by atoms with E-state index in [1.807, 2.05) is 12.1 Å². The van der Waals surface area contributed by atoms with Gasteiger partial charge in [0.15, 0.2) is 0 Å². The second-order valence-corrected chi connectivity index (χ2v) is 6.30. The molecule has 1 N–H and O–H groups in total. The van der Waals surface area contributed by atoms with Crippen molar-refractivity contribution in [2.45, 2.75) is 25.1 Å². The lowest BCUT2D eigenvalue weighted by atomic mass is 9.89. The van der Waals surface area contributed by atoms with Crippen molar-refractivity contribution in [2.75, 3.05) is 27.4 Å². The summed E-state index contributed by atoms with van der Waals surface area (Å²) < 4.78 is 10.5. The highest BCUT2D eigenvalue weighted by atomic mass is 16.5. The fourth-order valence-corrected chi connectivity index (χ4v) is 3.45. The number of aliphatic hydroxyl groups excluding tert-OH is 1. The molecule has 0 spiro atoms. The van der Waals surface area contributed by atoms with E-state index in [9.17, 15) is 5.11 Å². The SMILES string of the molecule is COC[C@@H](O)CN1Cc2cc(OC)ccc2C[C@H]1c1ccccc1. The smallest absolute Gasteiger partial charge is 0.119 e. The van der Waals surface area contributed by atoms with Gasteiger partial charge in [-0.05, 0) is 35.2 Å². The van der Waals surface area contributed by atoms with Crippen molar-refractivity contribution < 1.29 is 14.6 Å². The zero-order valence-electron chi connectivity index (χ0n) is 14.3. The Kier molecular flexibility index (Phi) is 5.51. The Morgan fingerprint density at radius 3 is 2.62 bits per heavy atom. The van der Waals surface area contributed by atoms with Crippen molar-refractivity contribution in [1.29, 1.82) is 0 Å². The first-order chi connectivity index (χ1) is 11.7. The van der Waals surface area contributed by atoms with Crippen LogP contribution in [0, 0.1) is 0 Å². The van der Waals surface area contributed by atoms with Crippen LogP contribution in [0.2, 0.25) is 0 Å². The minimum absolute atomic E-state index is 0.263. The van der Waals surface area contributed by atoms with Crippen LogP contribution in [0.3, 0.4) is 0 Å². The maximum Gasteiger partial charge on any atom is 0.119 e. The minimum Gasteiger partial charge on any atom is -0.497 e. The van der Waals surface area contributed by atoms with Crippen molar-refractivity contribution in [1.82, 2.24) is 4.90 Å². The molecule has 1 aliphatic rings. The summed E-state index contributed by atoms with van der Waals surface area (Å²) in [6, 6.07) is 17.1. The van der Waals surface area contributed by atoms with Gasteiger partial charge in [-0.3, -0.25) is 4.90 Å². The third-order valence-corrected chi connectivity index (χ3v) is 4.63. The highest BCUT2D eigenvalue weighted by molar-refractivity contribution is 5.39. The summed E-state index contributed by atoms with van der Waals surface area (Å²) in [6.07, 6.45) is 0.441. The monoisotopic (exact) mass is 327 g/mol. The Morgan fingerprint density at radius 2 is 1.92 bits per heavy atom. The molecule has 0 saturated carbocycles. The molecule has 0 radical (unpaired) electrons. The Hall–Kier alpha value is -1.88. The summed E-state index contributed by atoms with van der Waals surface area (Å²) in [5.41, 5.74) is 3.90. The molecule has 0 saturated heterocycles. The van der Waals surface area contributed by atoms with Crippen molar-refractivity contribution >= 4 is 0 Å². The number of methoxy groups -OCH3 is 2. The van der Waals surface area contributed by atoms with Crippen LogP contribution in [0.1, 0.15) is 22.7 Å². The van der Waals surface area contributed by atoms with Gasteiger partial charge in [0.1, 0.15) is 5.75 Å². The Labute approximate surface area is 143 Å². The largest absolute Gasteiger partial charge is 0.497 e. The zero-order valence-corrected chi connectivity index (χ0v) is 14.3. The first-order valence-electron chi connectivity index (χ1n) is 8.33. The molecule has 3 rings (SSSR count). The topological polar surface area (TPSA) is 41.9 Å². The lowest BCUT2D eigenvalue weighted by Gasteiger charge is -2.38. The number of rotatable bonds is 6. The van der Waals surface area contributed by atoms with E-state index in [1.54, 1.807) is 14.2 Å². The molecule has 0 unspecified atom stereocenters.